The van der Waals surface area contributed by atoms with Crippen LogP contribution in [0.5, 0.6) is 5.75 Å². The van der Waals surface area contributed by atoms with Crippen LogP contribution < -0.4 is 15.4 Å². The average molecular weight is 405 g/mol. The van der Waals surface area contributed by atoms with E-state index in [4.69, 9.17) is 9.47 Å². The Labute approximate surface area is 173 Å². The van der Waals surface area contributed by atoms with Crippen molar-refractivity contribution in [3.8, 4) is 5.75 Å². The van der Waals surface area contributed by atoms with E-state index < -0.39 is 0 Å². The third kappa shape index (κ3) is 7.50. The van der Waals surface area contributed by atoms with Gasteiger partial charge in [-0.1, -0.05) is 42.5 Å². The number of hydrogen-bond acceptors (Lipinski definition) is 4. The number of carbonyl (C=O) groups excluding carboxylic acids is 1. The van der Waals surface area contributed by atoms with E-state index in [2.05, 4.69) is 47.0 Å². The lowest BCUT2D eigenvalue weighted by Crippen LogP contribution is -2.51. The summed E-state index contributed by atoms with van der Waals surface area (Å²) >= 11 is 0. The first-order valence-corrected chi connectivity index (χ1v) is 9.66. The van der Waals surface area contributed by atoms with Crippen LogP contribution in [-0.4, -0.2) is 44.9 Å². The van der Waals surface area contributed by atoms with Gasteiger partial charge in [0.25, 0.3) is 0 Å². The number of amides is 1. The molecule has 0 aromatic heterocycles. The minimum atomic E-state index is -0.238. The Balaban J connectivity index is 0.00000280. The number of aryl methyl sites for hydroxylation is 1. The molecule has 1 amide bonds. The van der Waals surface area contributed by atoms with Crippen molar-refractivity contribution in [1.82, 2.24) is 10.6 Å². The summed E-state index contributed by atoms with van der Waals surface area (Å²) in [6, 6.07) is 18.3. The summed E-state index contributed by atoms with van der Waals surface area (Å²) in [5.41, 5.74) is 2.49. The Kier molecular flexibility index (Phi) is 9.83. The Morgan fingerprint density at radius 1 is 1.11 bits per heavy atom. The molecule has 0 saturated carbocycles. The zero-order valence-corrected chi connectivity index (χ0v) is 16.9. The third-order valence-corrected chi connectivity index (χ3v) is 4.57. The molecule has 28 heavy (non-hydrogen) atoms. The van der Waals surface area contributed by atoms with Gasteiger partial charge in [0, 0.05) is 13.1 Å². The van der Waals surface area contributed by atoms with Gasteiger partial charge in [-0.25, -0.2) is 0 Å². The molecule has 6 heteroatoms. The summed E-state index contributed by atoms with van der Waals surface area (Å²) in [5, 5.41) is 6.13. The minimum Gasteiger partial charge on any atom is -0.494 e. The monoisotopic (exact) mass is 404 g/mol. The van der Waals surface area contributed by atoms with E-state index >= 15 is 0 Å². The Morgan fingerprint density at radius 3 is 2.71 bits per heavy atom. The van der Waals surface area contributed by atoms with Gasteiger partial charge in [-0.05, 0) is 42.5 Å². The lowest BCUT2D eigenvalue weighted by molar-refractivity contribution is -0.125. The second kappa shape index (κ2) is 12.4. The first kappa shape index (κ1) is 22.2. The zero-order valence-electron chi connectivity index (χ0n) is 16.1. The smallest absolute Gasteiger partial charge is 0.239 e. The highest BCUT2D eigenvalue weighted by atomic mass is 35.5. The van der Waals surface area contributed by atoms with Gasteiger partial charge >= 0.3 is 0 Å². The predicted octanol–water partition coefficient (Wildman–Crippen LogP) is 2.77. The number of ether oxygens (including phenoxy) is 2. The summed E-state index contributed by atoms with van der Waals surface area (Å²) < 4.78 is 11.2. The SMILES string of the molecule is Cl.O=C(NCCc1cccc(OCCCc2ccccc2)c1)C1COCCN1. The van der Waals surface area contributed by atoms with Crippen molar-refractivity contribution in [2.45, 2.75) is 25.3 Å². The van der Waals surface area contributed by atoms with E-state index in [0.29, 0.717) is 26.4 Å². The normalized spacial score (nSPS) is 16.1. The average Bonchev–Trinajstić information content (AvgIpc) is 2.73. The number of halogens is 1. The van der Waals surface area contributed by atoms with Gasteiger partial charge < -0.3 is 20.1 Å². The molecule has 2 N–H and O–H groups in total. The molecule has 0 spiro atoms. The fraction of sp³-hybridized carbons (Fsp3) is 0.409. The van der Waals surface area contributed by atoms with Gasteiger partial charge in [-0.3, -0.25) is 4.79 Å². The van der Waals surface area contributed by atoms with Crippen LogP contribution in [0.15, 0.2) is 54.6 Å². The Bertz CT molecular complexity index is 706. The first-order valence-electron chi connectivity index (χ1n) is 9.66. The van der Waals surface area contributed by atoms with Gasteiger partial charge in [-0.2, -0.15) is 0 Å². The Hall–Kier alpha value is -2.08. The molecule has 2 aromatic carbocycles. The standard InChI is InChI=1S/C22H28N2O3.ClH/c25-22(21-17-26-15-13-23-21)24-12-11-19-8-4-10-20(16-19)27-14-5-9-18-6-2-1-3-7-18;/h1-4,6-8,10,16,21,23H,5,9,11-15,17H2,(H,24,25);1H. The summed E-state index contributed by atoms with van der Waals surface area (Å²) in [4.78, 5) is 12.1. The number of carbonyl (C=O) groups is 1. The fourth-order valence-electron chi connectivity index (χ4n) is 3.09. The molecular formula is C22H29ClN2O3. The maximum atomic E-state index is 12.1. The highest BCUT2D eigenvalue weighted by molar-refractivity contribution is 5.85. The lowest BCUT2D eigenvalue weighted by atomic mass is 10.1. The van der Waals surface area contributed by atoms with Crippen LogP contribution in [0.2, 0.25) is 0 Å². The quantitative estimate of drug-likeness (QED) is 0.631. The summed E-state index contributed by atoms with van der Waals surface area (Å²) in [6.07, 6.45) is 2.78. The molecule has 1 fully saturated rings. The van der Waals surface area contributed by atoms with Crippen LogP contribution in [0.3, 0.4) is 0 Å². The molecule has 1 heterocycles. The molecule has 1 aliphatic rings. The molecule has 152 valence electrons. The molecule has 0 aliphatic carbocycles. The topological polar surface area (TPSA) is 59.6 Å². The van der Waals surface area contributed by atoms with Crippen LogP contribution in [0, 0.1) is 0 Å². The van der Waals surface area contributed by atoms with E-state index in [1.165, 1.54) is 5.56 Å². The van der Waals surface area contributed by atoms with Crippen LogP contribution in [0.25, 0.3) is 0 Å². The molecule has 1 atom stereocenters. The van der Waals surface area contributed by atoms with Crippen molar-refractivity contribution in [3.05, 3.63) is 65.7 Å². The van der Waals surface area contributed by atoms with E-state index in [9.17, 15) is 4.79 Å². The summed E-state index contributed by atoms with van der Waals surface area (Å²) in [7, 11) is 0. The largest absolute Gasteiger partial charge is 0.494 e. The van der Waals surface area contributed by atoms with Crippen molar-refractivity contribution < 1.29 is 14.3 Å². The fourth-order valence-corrected chi connectivity index (χ4v) is 3.09. The number of benzene rings is 2. The molecule has 3 rings (SSSR count). The second-order valence-electron chi connectivity index (χ2n) is 6.71. The zero-order chi connectivity index (χ0) is 18.7. The van der Waals surface area contributed by atoms with Crippen LogP contribution in [0.4, 0.5) is 0 Å². The van der Waals surface area contributed by atoms with Gasteiger partial charge in [0.15, 0.2) is 0 Å². The summed E-state index contributed by atoms with van der Waals surface area (Å²) in [6.45, 7) is 3.14. The molecule has 0 radical (unpaired) electrons. The molecule has 2 aromatic rings. The Morgan fingerprint density at radius 2 is 1.93 bits per heavy atom. The molecule has 5 nitrogen and oxygen atoms in total. The van der Waals surface area contributed by atoms with Crippen molar-refractivity contribution in [2.75, 3.05) is 32.9 Å². The van der Waals surface area contributed by atoms with E-state index in [1.807, 2.05) is 18.2 Å². The number of morpholine rings is 1. The maximum Gasteiger partial charge on any atom is 0.239 e. The minimum absolute atomic E-state index is 0. The molecule has 1 unspecified atom stereocenters. The van der Waals surface area contributed by atoms with Gasteiger partial charge in [-0.15, -0.1) is 12.4 Å². The molecular weight excluding hydrogens is 376 g/mol. The van der Waals surface area contributed by atoms with Crippen molar-refractivity contribution in [1.29, 1.82) is 0 Å². The molecule has 1 aliphatic heterocycles. The van der Waals surface area contributed by atoms with Crippen LogP contribution in [-0.2, 0) is 22.4 Å². The molecule has 1 saturated heterocycles. The van der Waals surface area contributed by atoms with E-state index in [0.717, 1.165) is 37.1 Å². The van der Waals surface area contributed by atoms with E-state index in [-0.39, 0.29) is 24.4 Å². The van der Waals surface area contributed by atoms with Crippen molar-refractivity contribution in [3.63, 3.8) is 0 Å². The highest BCUT2D eigenvalue weighted by Gasteiger charge is 2.20. The number of rotatable bonds is 9. The number of nitrogens with one attached hydrogen (secondary N) is 2. The van der Waals surface area contributed by atoms with Gasteiger partial charge in [0.1, 0.15) is 11.8 Å². The number of hydrogen-bond donors (Lipinski definition) is 2. The predicted molar refractivity (Wildman–Crippen MR) is 113 cm³/mol. The maximum absolute atomic E-state index is 12.1. The second-order valence-corrected chi connectivity index (χ2v) is 6.71. The molecule has 0 bridgehead atoms. The van der Waals surface area contributed by atoms with Crippen LogP contribution >= 0.6 is 12.4 Å². The van der Waals surface area contributed by atoms with E-state index in [1.54, 1.807) is 0 Å². The first-order chi connectivity index (χ1) is 13.3. The van der Waals surface area contributed by atoms with Crippen molar-refractivity contribution >= 4 is 18.3 Å². The van der Waals surface area contributed by atoms with Gasteiger partial charge in [0.2, 0.25) is 5.91 Å². The highest BCUT2D eigenvalue weighted by Crippen LogP contribution is 2.14. The third-order valence-electron chi connectivity index (χ3n) is 4.57. The van der Waals surface area contributed by atoms with Gasteiger partial charge in [0.05, 0.1) is 19.8 Å². The summed E-state index contributed by atoms with van der Waals surface area (Å²) in [5.74, 6) is 0.886. The van der Waals surface area contributed by atoms with Crippen molar-refractivity contribution in [2.24, 2.45) is 0 Å². The lowest BCUT2D eigenvalue weighted by Gasteiger charge is -2.22. The van der Waals surface area contributed by atoms with Crippen LogP contribution in [0.1, 0.15) is 17.5 Å².